The van der Waals surface area contributed by atoms with Gasteiger partial charge >= 0.3 is 5.97 Å². The summed E-state index contributed by atoms with van der Waals surface area (Å²) in [6, 6.07) is 4.59. The molecule has 2 heterocycles. The first-order valence-corrected chi connectivity index (χ1v) is 11.5. The van der Waals surface area contributed by atoms with Gasteiger partial charge in [-0.3, -0.25) is 0 Å². The summed E-state index contributed by atoms with van der Waals surface area (Å²) in [6.45, 7) is 1.36. The molecule has 8 nitrogen and oxygen atoms in total. The summed E-state index contributed by atoms with van der Waals surface area (Å²) in [5.74, 6) is -1.32. The quantitative estimate of drug-likeness (QED) is 0.748. The van der Waals surface area contributed by atoms with E-state index >= 15 is 0 Å². The van der Waals surface area contributed by atoms with Crippen molar-refractivity contribution in [3.05, 3.63) is 28.9 Å². The minimum atomic E-state index is -4.13. The SMILES string of the molecule is CCOC(=O)c1[nH]c2ccc(Cl)cc2c1S(=O)(=O)N1CCS(=O)(=O)CC1. The van der Waals surface area contributed by atoms with Crippen molar-refractivity contribution in [2.75, 3.05) is 31.2 Å². The summed E-state index contributed by atoms with van der Waals surface area (Å²) < 4.78 is 55.6. The fourth-order valence-corrected chi connectivity index (χ4v) is 6.18. The van der Waals surface area contributed by atoms with Crippen LogP contribution in [0.2, 0.25) is 5.02 Å². The number of carbonyl (C=O) groups excluding carboxylic acids is 1. The Morgan fingerprint density at radius 1 is 1.31 bits per heavy atom. The van der Waals surface area contributed by atoms with Crippen LogP contribution in [0.1, 0.15) is 17.4 Å². The molecule has 1 fully saturated rings. The molecular weight excluding hydrogens is 404 g/mol. The first-order valence-electron chi connectivity index (χ1n) is 7.84. The molecule has 1 aromatic carbocycles. The monoisotopic (exact) mass is 420 g/mol. The van der Waals surface area contributed by atoms with Crippen molar-refractivity contribution in [1.29, 1.82) is 0 Å². The second-order valence-corrected chi connectivity index (χ2v) is 10.4. The Kier molecular flexibility index (Phi) is 5.04. The molecular formula is C15H17ClN2O6S2. The van der Waals surface area contributed by atoms with Crippen LogP contribution in [0.5, 0.6) is 0 Å². The van der Waals surface area contributed by atoms with Crippen LogP contribution in [0.3, 0.4) is 0 Å². The van der Waals surface area contributed by atoms with Gasteiger partial charge in [0.05, 0.1) is 18.1 Å². The highest BCUT2D eigenvalue weighted by Crippen LogP contribution is 2.32. The topological polar surface area (TPSA) is 114 Å². The zero-order valence-electron chi connectivity index (χ0n) is 13.9. The summed E-state index contributed by atoms with van der Waals surface area (Å²) in [7, 11) is -7.38. The van der Waals surface area contributed by atoms with Crippen LogP contribution in [-0.2, 0) is 24.6 Å². The van der Waals surface area contributed by atoms with Crippen LogP contribution in [0.15, 0.2) is 23.1 Å². The first kappa shape index (κ1) is 19.2. The van der Waals surface area contributed by atoms with Gasteiger partial charge in [-0.1, -0.05) is 11.6 Å². The van der Waals surface area contributed by atoms with Crippen LogP contribution >= 0.6 is 11.6 Å². The highest BCUT2D eigenvalue weighted by molar-refractivity contribution is 7.92. The first-order chi connectivity index (χ1) is 12.2. The highest BCUT2D eigenvalue weighted by Gasteiger charge is 2.36. The number of H-pyrrole nitrogens is 1. The number of ether oxygens (including phenoxy) is 1. The van der Waals surface area contributed by atoms with E-state index in [0.29, 0.717) is 10.5 Å². The molecule has 1 N–H and O–H groups in total. The van der Waals surface area contributed by atoms with E-state index in [1.165, 1.54) is 6.07 Å². The van der Waals surface area contributed by atoms with E-state index < -0.39 is 25.8 Å². The molecule has 0 aliphatic carbocycles. The number of benzene rings is 1. The predicted octanol–water partition coefficient (Wildman–Crippen LogP) is 1.42. The van der Waals surface area contributed by atoms with Gasteiger partial charge in [-0.05, 0) is 25.1 Å². The normalized spacial score (nSPS) is 18.1. The van der Waals surface area contributed by atoms with E-state index in [0.717, 1.165) is 4.31 Å². The van der Waals surface area contributed by atoms with E-state index in [9.17, 15) is 21.6 Å². The number of nitrogens with zero attached hydrogens (tertiary/aromatic N) is 1. The zero-order valence-corrected chi connectivity index (χ0v) is 16.2. The third kappa shape index (κ3) is 3.46. The molecule has 0 saturated carbocycles. The maximum atomic E-state index is 13.2. The summed E-state index contributed by atoms with van der Waals surface area (Å²) in [5, 5.41) is 0.568. The molecule has 0 unspecified atom stereocenters. The fourth-order valence-electron chi connectivity index (χ4n) is 2.82. The Morgan fingerprint density at radius 3 is 2.58 bits per heavy atom. The average molecular weight is 421 g/mol. The molecule has 0 radical (unpaired) electrons. The van der Waals surface area contributed by atoms with E-state index in [1.54, 1.807) is 19.1 Å². The Hall–Kier alpha value is -1.62. The van der Waals surface area contributed by atoms with Crippen LogP contribution in [-0.4, -0.2) is 63.3 Å². The fraction of sp³-hybridized carbons (Fsp3) is 0.400. The number of fused-ring (bicyclic) bond motifs is 1. The minimum absolute atomic E-state index is 0.0798. The van der Waals surface area contributed by atoms with Crippen molar-refractivity contribution in [3.63, 3.8) is 0 Å². The van der Waals surface area contributed by atoms with Crippen molar-refractivity contribution >= 4 is 48.3 Å². The van der Waals surface area contributed by atoms with Crippen molar-refractivity contribution in [3.8, 4) is 0 Å². The van der Waals surface area contributed by atoms with Crippen LogP contribution in [0.25, 0.3) is 10.9 Å². The Labute approximate surface area is 156 Å². The maximum absolute atomic E-state index is 13.2. The summed E-state index contributed by atoms with van der Waals surface area (Å²) in [5.41, 5.74) is 0.221. The number of nitrogens with one attached hydrogen (secondary N) is 1. The molecule has 0 bridgehead atoms. The second kappa shape index (κ2) is 6.84. The smallest absolute Gasteiger partial charge is 0.356 e. The van der Waals surface area contributed by atoms with E-state index in [4.69, 9.17) is 16.3 Å². The largest absolute Gasteiger partial charge is 0.461 e. The number of hydrogen-bond donors (Lipinski definition) is 1. The average Bonchev–Trinajstić information content (AvgIpc) is 2.94. The molecule has 1 aromatic heterocycles. The third-order valence-corrected chi connectivity index (χ3v) is 7.92. The zero-order chi connectivity index (χ0) is 19.1. The Balaban J connectivity index is 2.16. The van der Waals surface area contributed by atoms with Crippen molar-refractivity contribution in [2.24, 2.45) is 0 Å². The van der Waals surface area contributed by atoms with Gasteiger partial charge in [0.15, 0.2) is 9.84 Å². The standard InChI is InChI=1S/C15H17ClN2O6S2/c1-2-24-15(19)13-14(11-9-10(16)3-4-12(11)17-13)26(22,23)18-5-7-25(20,21)8-6-18/h3-4,9,17H,2,5-8H2,1H3. The lowest BCUT2D eigenvalue weighted by molar-refractivity contribution is 0.0516. The van der Waals surface area contributed by atoms with Crippen LogP contribution in [0.4, 0.5) is 0 Å². The number of rotatable bonds is 4. The second-order valence-electron chi connectivity index (χ2n) is 5.80. The summed E-state index contributed by atoms with van der Waals surface area (Å²) in [6.07, 6.45) is 0. The lowest BCUT2D eigenvalue weighted by atomic mass is 10.2. The van der Waals surface area contributed by atoms with Crippen molar-refractivity contribution < 1.29 is 26.4 Å². The highest BCUT2D eigenvalue weighted by atomic mass is 35.5. The van der Waals surface area contributed by atoms with Gasteiger partial charge in [0.25, 0.3) is 0 Å². The molecule has 11 heteroatoms. The number of carbonyl (C=O) groups is 1. The van der Waals surface area contributed by atoms with Crippen molar-refractivity contribution in [1.82, 2.24) is 9.29 Å². The lowest BCUT2D eigenvalue weighted by Gasteiger charge is -2.26. The van der Waals surface area contributed by atoms with Gasteiger partial charge in [-0.25, -0.2) is 21.6 Å². The van der Waals surface area contributed by atoms with Gasteiger partial charge in [0.1, 0.15) is 10.6 Å². The summed E-state index contributed by atoms with van der Waals surface area (Å²) >= 11 is 6.00. The number of sulfonamides is 1. The Morgan fingerprint density at radius 2 is 1.96 bits per heavy atom. The molecule has 26 heavy (non-hydrogen) atoms. The minimum Gasteiger partial charge on any atom is -0.461 e. The van der Waals surface area contributed by atoms with Gasteiger partial charge < -0.3 is 9.72 Å². The molecule has 0 amide bonds. The molecule has 2 aromatic rings. The molecule has 1 aliphatic heterocycles. The molecule has 3 rings (SSSR count). The molecule has 1 aliphatic rings. The van der Waals surface area contributed by atoms with Gasteiger partial charge in [0, 0.05) is 29.0 Å². The molecule has 1 saturated heterocycles. The number of aromatic nitrogens is 1. The molecule has 0 spiro atoms. The van der Waals surface area contributed by atoms with Gasteiger partial charge in [-0.15, -0.1) is 0 Å². The van der Waals surface area contributed by atoms with Crippen LogP contribution in [0, 0.1) is 0 Å². The number of hydrogen-bond acceptors (Lipinski definition) is 6. The number of aromatic amines is 1. The summed E-state index contributed by atoms with van der Waals surface area (Å²) in [4.78, 5) is 14.8. The number of halogens is 1. The number of esters is 1. The third-order valence-electron chi connectivity index (χ3n) is 4.09. The molecule has 0 atom stereocenters. The Bertz CT molecular complexity index is 1060. The van der Waals surface area contributed by atoms with E-state index in [2.05, 4.69) is 4.98 Å². The van der Waals surface area contributed by atoms with Gasteiger partial charge in [0.2, 0.25) is 10.0 Å². The lowest BCUT2D eigenvalue weighted by Crippen LogP contribution is -2.43. The van der Waals surface area contributed by atoms with E-state index in [1.807, 2.05) is 0 Å². The predicted molar refractivity (Wildman–Crippen MR) is 96.7 cm³/mol. The van der Waals surface area contributed by atoms with Crippen LogP contribution < -0.4 is 0 Å². The van der Waals surface area contributed by atoms with E-state index in [-0.39, 0.29) is 47.2 Å². The van der Waals surface area contributed by atoms with Crippen molar-refractivity contribution in [2.45, 2.75) is 11.8 Å². The van der Waals surface area contributed by atoms with Gasteiger partial charge in [-0.2, -0.15) is 4.31 Å². The molecule has 142 valence electrons. The maximum Gasteiger partial charge on any atom is 0.356 e. The number of sulfone groups is 1.